The Morgan fingerprint density at radius 1 is 1.42 bits per heavy atom. The highest BCUT2D eigenvalue weighted by Gasteiger charge is 2.15. The second-order valence-corrected chi connectivity index (χ2v) is 5.56. The van der Waals surface area contributed by atoms with Crippen molar-refractivity contribution in [2.45, 2.75) is 26.3 Å². The van der Waals surface area contributed by atoms with Crippen LogP contribution in [0.3, 0.4) is 0 Å². The van der Waals surface area contributed by atoms with Crippen molar-refractivity contribution in [2.75, 3.05) is 5.73 Å². The molecule has 1 atom stereocenters. The number of hydrogen-bond donors (Lipinski definition) is 2. The molecule has 19 heavy (non-hydrogen) atoms. The molecule has 1 unspecified atom stereocenters. The maximum absolute atomic E-state index is 12.3. The molecule has 0 radical (unpaired) electrons. The molecule has 100 valence electrons. The summed E-state index contributed by atoms with van der Waals surface area (Å²) in [6.45, 7) is 4.00. The van der Waals surface area contributed by atoms with E-state index in [1.54, 1.807) is 17.4 Å². The lowest BCUT2D eigenvalue weighted by molar-refractivity contribution is 0.0936. The summed E-state index contributed by atoms with van der Waals surface area (Å²) in [7, 11) is 0. The number of nitrogens with one attached hydrogen (secondary N) is 1. The first-order chi connectivity index (χ1) is 9.10. The highest BCUT2D eigenvalue weighted by atomic mass is 32.1. The van der Waals surface area contributed by atoms with Crippen LogP contribution in [0.1, 0.15) is 40.2 Å². The third-order valence-corrected chi connectivity index (χ3v) is 3.95. The van der Waals surface area contributed by atoms with Gasteiger partial charge in [-0.15, -0.1) is 11.3 Å². The zero-order chi connectivity index (χ0) is 13.8. The second-order valence-electron chi connectivity index (χ2n) is 4.58. The number of hydrogen-bond acceptors (Lipinski definition) is 3. The SMILES string of the molecule is CCC(NC(=O)c1cc(C)cc(N)c1)c1cccs1. The molecule has 2 rings (SSSR count). The first-order valence-corrected chi connectivity index (χ1v) is 7.19. The fourth-order valence-electron chi connectivity index (χ4n) is 2.05. The number of aryl methyl sites for hydroxylation is 1. The first kappa shape index (κ1) is 13.6. The predicted molar refractivity (Wildman–Crippen MR) is 80.4 cm³/mol. The normalized spacial score (nSPS) is 12.1. The summed E-state index contributed by atoms with van der Waals surface area (Å²) < 4.78 is 0. The van der Waals surface area contributed by atoms with E-state index in [9.17, 15) is 4.79 Å². The standard InChI is InChI=1S/C15H18N2OS/c1-3-13(14-5-4-6-19-14)17-15(18)11-7-10(2)8-12(16)9-11/h4-9,13H,3,16H2,1-2H3,(H,17,18). The molecule has 3 N–H and O–H groups in total. The van der Waals surface area contributed by atoms with Crippen LogP contribution in [0, 0.1) is 6.92 Å². The molecule has 3 nitrogen and oxygen atoms in total. The summed E-state index contributed by atoms with van der Waals surface area (Å²) in [5.41, 5.74) is 8.01. The summed E-state index contributed by atoms with van der Waals surface area (Å²) in [4.78, 5) is 13.4. The predicted octanol–water partition coefficient (Wildman–Crippen LogP) is 3.52. The highest BCUT2D eigenvalue weighted by Crippen LogP contribution is 2.22. The molecule has 0 spiro atoms. The molecule has 1 amide bonds. The van der Waals surface area contributed by atoms with Crippen LogP contribution < -0.4 is 11.1 Å². The molecule has 0 aliphatic rings. The van der Waals surface area contributed by atoms with Crippen molar-refractivity contribution in [3.8, 4) is 0 Å². The summed E-state index contributed by atoms with van der Waals surface area (Å²) in [6.07, 6.45) is 0.869. The van der Waals surface area contributed by atoms with Crippen LogP contribution in [0.4, 0.5) is 5.69 Å². The highest BCUT2D eigenvalue weighted by molar-refractivity contribution is 7.10. The van der Waals surface area contributed by atoms with Gasteiger partial charge in [-0.25, -0.2) is 0 Å². The molecule has 0 saturated carbocycles. The van der Waals surface area contributed by atoms with Crippen molar-refractivity contribution in [1.82, 2.24) is 5.32 Å². The van der Waals surface area contributed by atoms with Gasteiger partial charge in [-0.2, -0.15) is 0 Å². The maximum atomic E-state index is 12.3. The van der Waals surface area contributed by atoms with Crippen molar-refractivity contribution >= 4 is 22.9 Å². The lowest BCUT2D eigenvalue weighted by Crippen LogP contribution is -2.27. The number of amides is 1. The average Bonchev–Trinajstić information content (AvgIpc) is 2.88. The largest absolute Gasteiger partial charge is 0.399 e. The Kier molecular flexibility index (Phi) is 4.22. The molecule has 0 fully saturated rings. The van der Waals surface area contributed by atoms with Crippen molar-refractivity contribution in [1.29, 1.82) is 0 Å². The average molecular weight is 274 g/mol. The number of thiophene rings is 1. The van der Waals surface area contributed by atoms with Gasteiger partial charge in [-0.3, -0.25) is 4.79 Å². The van der Waals surface area contributed by atoms with E-state index in [-0.39, 0.29) is 11.9 Å². The topological polar surface area (TPSA) is 55.1 Å². The third kappa shape index (κ3) is 3.35. The van der Waals surface area contributed by atoms with Gasteiger partial charge in [0.1, 0.15) is 0 Å². The molecule has 1 aromatic carbocycles. The van der Waals surface area contributed by atoms with Gasteiger partial charge in [0.05, 0.1) is 6.04 Å². The minimum atomic E-state index is -0.0735. The molecule has 2 aromatic rings. The van der Waals surface area contributed by atoms with E-state index in [0.29, 0.717) is 11.3 Å². The van der Waals surface area contributed by atoms with Gasteiger partial charge >= 0.3 is 0 Å². The Labute approximate surface area is 117 Å². The zero-order valence-electron chi connectivity index (χ0n) is 11.1. The van der Waals surface area contributed by atoms with Crippen LogP contribution in [0.5, 0.6) is 0 Å². The van der Waals surface area contributed by atoms with E-state index >= 15 is 0 Å². The number of anilines is 1. The van der Waals surface area contributed by atoms with Crippen LogP contribution in [0.15, 0.2) is 35.7 Å². The van der Waals surface area contributed by atoms with Crippen LogP contribution >= 0.6 is 11.3 Å². The Hall–Kier alpha value is -1.81. The number of rotatable bonds is 4. The minimum absolute atomic E-state index is 0.0641. The summed E-state index contributed by atoms with van der Waals surface area (Å²) in [6, 6.07) is 9.53. The van der Waals surface area contributed by atoms with E-state index in [1.165, 1.54) is 4.88 Å². The zero-order valence-corrected chi connectivity index (χ0v) is 12.0. The van der Waals surface area contributed by atoms with Crippen molar-refractivity contribution in [3.63, 3.8) is 0 Å². The summed E-state index contributed by atoms with van der Waals surface area (Å²) in [5, 5.41) is 5.08. The van der Waals surface area contributed by atoms with E-state index in [0.717, 1.165) is 12.0 Å². The fourth-order valence-corrected chi connectivity index (χ4v) is 2.91. The molecule has 4 heteroatoms. The lowest BCUT2D eigenvalue weighted by atomic mass is 10.1. The molecule has 1 heterocycles. The molecule has 0 saturated heterocycles. The fraction of sp³-hybridized carbons (Fsp3) is 0.267. The lowest BCUT2D eigenvalue weighted by Gasteiger charge is -2.16. The molecular formula is C15H18N2OS. The van der Waals surface area contributed by atoms with Gasteiger partial charge < -0.3 is 11.1 Å². The number of carbonyl (C=O) groups is 1. The molecule has 1 aromatic heterocycles. The van der Waals surface area contributed by atoms with Crippen LogP contribution in [0.25, 0.3) is 0 Å². The summed E-state index contributed by atoms with van der Waals surface area (Å²) >= 11 is 1.66. The van der Waals surface area contributed by atoms with Gasteiger partial charge in [-0.05, 0) is 48.6 Å². The smallest absolute Gasteiger partial charge is 0.251 e. The number of carbonyl (C=O) groups excluding carboxylic acids is 1. The van der Waals surface area contributed by atoms with Crippen LogP contribution in [-0.4, -0.2) is 5.91 Å². The van der Waals surface area contributed by atoms with Crippen LogP contribution in [0.2, 0.25) is 0 Å². The Morgan fingerprint density at radius 3 is 2.79 bits per heavy atom. The number of nitrogens with two attached hydrogens (primary N) is 1. The van der Waals surface area contributed by atoms with Crippen LogP contribution in [-0.2, 0) is 0 Å². The third-order valence-electron chi connectivity index (χ3n) is 2.96. The molecule has 0 bridgehead atoms. The van der Waals surface area contributed by atoms with Gasteiger partial charge in [0.15, 0.2) is 0 Å². The van der Waals surface area contributed by atoms with Crippen molar-refractivity contribution in [3.05, 3.63) is 51.7 Å². The van der Waals surface area contributed by atoms with E-state index in [2.05, 4.69) is 12.2 Å². The molecule has 0 aliphatic heterocycles. The quantitative estimate of drug-likeness (QED) is 0.838. The summed E-state index contributed by atoms with van der Waals surface area (Å²) in [5.74, 6) is -0.0735. The van der Waals surface area contributed by atoms with Gasteiger partial charge in [0.25, 0.3) is 5.91 Å². The van der Waals surface area contributed by atoms with E-state index in [1.807, 2.05) is 36.6 Å². The van der Waals surface area contributed by atoms with Crippen molar-refractivity contribution in [2.24, 2.45) is 0 Å². The molecular weight excluding hydrogens is 256 g/mol. The van der Waals surface area contributed by atoms with Gasteiger partial charge in [0, 0.05) is 16.1 Å². The number of benzene rings is 1. The Balaban J connectivity index is 2.15. The monoisotopic (exact) mass is 274 g/mol. The van der Waals surface area contributed by atoms with Gasteiger partial charge in [-0.1, -0.05) is 13.0 Å². The van der Waals surface area contributed by atoms with E-state index in [4.69, 9.17) is 5.73 Å². The van der Waals surface area contributed by atoms with E-state index < -0.39 is 0 Å². The van der Waals surface area contributed by atoms with Crippen molar-refractivity contribution < 1.29 is 4.79 Å². The minimum Gasteiger partial charge on any atom is -0.399 e. The maximum Gasteiger partial charge on any atom is 0.251 e. The number of nitrogen functional groups attached to an aromatic ring is 1. The van der Waals surface area contributed by atoms with Gasteiger partial charge in [0.2, 0.25) is 0 Å². The Bertz CT molecular complexity index is 543. The Morgan fingerprint density at radius 2 is 2.21 bits per heavy atom. The molecule has 0 aliphatic carbocycles. The first-order valence-electron chi connectivity index (χ1n) is 6.31. The second kappa shape index (κ2) is 5.89.